The molecule has 0 bridgehead atoms. The molecular weight excluding hydrogens is 240 g/mol. The lowest BCUT2D eigenvalue weighted by molar-refractivity contribution is 0.255. The van der Waals surface area contributed by atoms with E-state index in [9.17, 15) is 0 Å². The first-order valence-electron chi connectivity index (χ1n) is 6.84. The lowest BCUT2D eigenvalue weighted by Gasteiger charge is -2.24. The van der Waals surface area contributed by atoms with Gasteiger partial charge in [0.05, 0.1) is 6.04 Å². The van der Waals surface area contributed by atoms with E-state index < -0.39 is 0 Å². The van der Waals surface area contributed by atoms with E-state index in [0.29, 0.717) is 17.6 Å². The van der Waals surface area contributed by atoms with Crippen LogP contribution in [0.25, 0.3) is 11.4 Å². The molecule has 2 aromatic heterocycles. The average molecular weight is 258 g/mol. The van der Waals surface area contributed by atoms with Crippen LogP contribution in [0.15, 0.2) is 29.0 Å². The van der Waals surface area contributed by atoms with E-state index in [-0.39, 0.29) is 6.04 Å². The van der Waals surface area contributed by atoms with Gasteiger partial charge in [-0.15, -0.1) is 0 Å². The monoisotopic (exact) mass is 258 g/mol. The van der Waals surface area contributed by atoms with E-state index in [0.717, 1.165) is 18.4 Å². The highest BCUT2D eigenvalue weighted by Gasteiger charge is 2.26. The number of rotatable bonds is 3. The zero-order valence-corrected chi connectivity index (χ0v) is 10.8. The van der Waals surface area contributed by atoms with E-state index in [4.69, 9.17) is 10.3 Å². The fourth-order valence-corrected chi connectivity index (χ4v) is 2.68. The van der Waals surface area contributed by atoms with Crippen molar-refractivity contribution < 1.29 is 4.52 Å². The molecule has 5 heteroatoms. The number of nitrogens with zero attached hydrogens (tertiary/aromatic N) is 3. The molecule has 1 aliphatic carbocycles. The van der Waals surface area contributed by atoms with Gasteiger partial charge in [-0.05, 0) is 30.9 Å². The van der Waals surface area contributed by atoms with Crippen molar-refractivity contribution in [2.24, 2.45) is 11.7 Å². The molecule has 2 N–H and O–H groups in total. The second-order valence-electron chi connectivity index (χ2n) is 5.12. The van der Waals surface area contributed by atoms with Gasteiger partial charge in [0, 0.05) is 18.0 Å². The van der Waals surface area contributed by atoms with Crippen LogP contribution in [0.1, 0.15) is 44.0 Å². The van der Waals surface area contributed by atoms with Gasteiger partial charge in [0.15, 0.2) is 0 Å². The summed E-state index contributed by atoms with van der Waals surface area (Å²) in [5, 5.41) is 4.01. The quantitative estimate of drug-likeness (QED) is 0.915. The fourth-order valence-electron chi connectivity index (χ4n) is 2.68. The summed E-state index contributed by atoms with van der Waals surface area (Å²) in [6, 6.07) is 3.59. The van der Waals surface area contributed by atoms with E-state index >= 15 is 0 Å². The molecule has 1 unspecified atom stereocenters. The van der Waals surface area contributed by atoms with Crippen molar-refractivity contribution in [1.29, 1.82) is 0 Å². The summed E-state index contributed by atoms with van der Waals surface area (Å²) in [6.45, 7) is 0. The minimum absolute atomic E-state index is 0.136. The SMILES string of the molecule is NC(c1nc(-c2ccncc2)no1)C1CCCCC1. The molecule has 0 radical (unpaired) electrons. The third-order valence-corrected chi connectivity index (χ3v) is 3.82. The van der Waals surface area contributed by atoms with E-state index in [1.54, 1.807) is 12.4 Å². The van der Waals surface area contributed by atoms with Gasteiger partial charge in [0.2, 0.25) is 11.7 Å². The Morgan fingerprint density at radius 2 is 1.89 bits per heavy atom. The predicted molar refractivity (Wildman–Crippen MR) is 71.0 cm³/mol. The Morgan fingerprint density at radius 3 is 2.63 bits per heavy atom. The topological polar surface area (TPSA) is 77.8 Å². The Kier molecular flexibility index (Phi) is 3.55. The number of aromatic nitrogens is 3. The lowest BCUT2D eigenvalue weighted by Crippen LogP contribution is -2.23. The summed E-state index contributed by atoms with van der Waals surface area (Å²) in [5.74, 6) is 1.61. The number of hydrogen-bond acceptors (Lipinski definition) is 5. The number of pyridine rings is 1. The lowest BCUT2D eigenvalue weighted by atomic mass is 9.84. The number of hydrogen-bond donors (Lipinski definition) is 1. The summed E-state index contributed by atoms with van der Waals surface area (Å²) < 4.78 is 5.33. The Hall–Kier alpha value is -1.75. The molecule has 0 aliphatic heterocycles. The third-order valence-electron chi connectivity index (χ3n) is 3.82. The predicted octanol–water partition coefficient (Wildman–Crippen LogP) is 2.71. The zero-order valence-electron chi connectivity index (χ0n) is 10.8. The van der Waals surface area contributed by atoms with Crippen molar-refractivity contribution in [3.63, 3.8) is 0 Å². The normalized spacial score (nSPS) is 18.4. The fraction of sp³-hybridized carbons (Fsp3) is 0.500. The maximum absolute atomic E-state index is 6.25. The van der Waals surface area contributed by atoms with E-state index in [1.165, 1.54) is 19.3 Å². The van der Waals surface area contributed by atoms with Gasteiger partial charge >= 0.3 is 0 Å². The highest BCUT2D eigenvalue weighted by Crippen LogP contribution is 2.32. The first-order valence-corrected chi connectivity index (χ1v) is 6.84. The third kappa shape index (κ3) is 2.66. The van der Waals surface area contributed by atoms with Crippen LogP contribution in [-0.4, -0.2) is 15.1 Å². The number of nitrogens with two attached hydrogens (primary N) is 1. The summed E-state index contributed by atoms with van der Waals surface area (Å²) >= 11 is 0. The molecule has 2 heterocycles. The highest BCUT2D eigenvalue weighted by atomic mass is 16.5. The average Bonchev–Trinajstić information content (AvgIpc) is 2.98. The van der Waals surface area contributed by atoms with Crippen molar-refractivity contribution in [2.45, 2.75) is 38.1 Å². The minimum atomic E-state index is -0.136. The molecule has 19 heavy (non-hydrogen) atoms. The summed E-state index contributed by atoms with van der Waals surface area (Å²) in [5.41, 5.74) is 7.16. The van der Waals surface area contributed by atoms with Crippen LogP contribution < -0.4 is 5.73 Å². The molecule has 5 nitrogen and oxygen atoms in total. The maximum Gasteiger partial charge on any atom is 0.244 e. The second-order valence-corrected chi connectivity index (χ2v) is 5.12. The van der Waals surface area contributed by atoms with Crippen molar-refractivity contribution in [1.82, 2.24) is 15.1 Å². The minimum Gasteiger partial charge on any atom is -0.337 e. The van der Waals surface area contributed by atoms with Crippen LogP contribution in [0.3, 0.4) is 0 Å². The maximum atomic E-state index is 6.25. The first-order chi connectivity index (χ1) is 9.34. The second kappa shape index (κ2) is 5.48. The molecule has 100 valence electrons. The van der Waals surface area contributed by atoms with Gasteiger partial charge in [-0.25, -0.2) is 0 Å². The van der Waals surface area contributed by atoms with Crippen LogP contribution in [0.5, 0.6) is 0 Å². The Morgan fingerprint density at radius 1 is 1.16 bits per heavy atom. The molecular formula is C14H18N4O. The molecule has 1 aliphatic rings. The van der Waals surface area contributed by atoms with Crippen molar-refractivity contribution in [3.05, 3.63) is 30.4 Å². The highest BCUT2D eigenvalue weighted by molar-refractivity contribution is 5.52. The molecule has 1 atom stereocenters. The van der Waals surface area contributed by atoms with Gasteiger partial charge in [-0.3, -0.25) is 4.98 Å². The smallest absolute Gasteiger partial charge is 0.244 e. The van der Waals surface area contributed by atoms with Gasteiger partial charge in [0.1, 0.15) is 0 Å². The zero-order chi connectivity index (χ0) is 13.1. The standard InChI is InChI=1S/C14H18N4O/c15-12(10-4-2-1-3-5-10)14-17-13(18-19-14)11-6-8-16-9-7-11/h6-10,12H,1-5,15H2. The van der Waals surface area contributed by atoms with Crippen molar-refractivity contribution >= 4 is 0 Å². The van der Waals surface area contributed by atoms with Crippen LogP contribution >= 0.6 is 0 Å². The van der Waals surface area contributed by atoms with Gasteiger partial charge in [0.25, 0.3) is 0 Å². The summed E-state index contributed by atoms with van der Waals surface area (Å²) in [7, 11) is 0. The Bertz CT molecular complexity index is 519. The van der Waals surface area contributed by atoms with Crippen LogP contribution in [-0.2, 0) is 0 Å². The van der Waals surface area contributed by atoms with E-state index in [1.807, 2.05) is 12.1 Å². The van der Waals surface area contributed by atoms with Gasteiger partial charge < -0.3 is 10.3 Å². The Balaban J connectivity index is 1.77. The Labute approximate surface area is 112 Å². The molecule has 1 saturated carbocycles. The van der Waals surface area contributed by atoms with Gasteiger partial charge in [-0.2, -0.15) is 4.98 Å². The molecule has 0 amide bonds. The van der Waals surface area contributed by atoms with Crippen molar-refractivity contribution in [3.8, 4) is 11.4 Å². The molecule has 2 aromatic rings. The van der Waals surface area contributed by atoms with Gasteiger partial charge in [-0.1, -0.05) is 24.4 Å². The van der Waals surface area contributed by atoms with Crippen LogP contribution in [0.4, 0.5) is 0 Å². The summed E-state index contributed by atoms with van der Waals surface area (Å²) in [4.78, 5) is 8.40. The van der Waals surface area contributed by atoms with Crippen molar-refractivity contribution in [2.75, 3.05) is 0 Å². The van der Waals surface area contributed by atoms with E-state index in [2.05, 4.69) is 15.1 Å². The molecule has 0 aromatic carbocycles. The molecule has 0 spiro atoms. The largest absolute Gasteiger partial charge is 0.337 e. The molecule has 3 rings (SSSR count). The molecule has 0 saturated heterocycles. The summed E-state index contributed by atoms with van der Waals surface area (Å²) in [6.07, 6.45) is 9.57. The first kappa shape index (κ1) is 12.3. The molecule has 1 fully saturated rings. The van der Waals surface area contributed by atoms with Crippen LogP contribution in [0, 0.1) is 5.92 Å². The van der Waals surface area contributed by atoms with Crippen LogP contribution in [0.2, 0.25) is 0 Å².